The largest absolute Gasteiger partial charge is 0.493 e. The summed E-state index contributed by atoms with van der Waals surface area (Å²) in [5, 5.41) is 0. The molecule has 2 aromatic rings. The van der Waals surface area contributed by atoms with E-state index >= 15 is 0 Å². The van der Waals surface area contributed by atoms with Gasteiger partial charge in [0.15, 0.2) is 11.5 Å². The fraction of sp³-hybridized carbons (Fsp3) is 0.545. The molecule has 7 nitrogen and oxygen atoms in total. The van der Waals surface area contributed by atoms with E-state index in [2.05, 4.69) is 9.88 Å². The van der Waals surface area contributed by atoms with E-state index < -0.39 is 0 Å². The first-order chi connectivity index (χ1) is 14.1. The van der Waals surface area contributed by atoms with Crippen LogP contribution in [0.2, 0.25) is 0 Å². The molecular formula is C22H31N5O2. The van der Waals surface area contributed by atoms with Gasteiger partial charge >= 0.3 is 0 Å². The lowest BCUT2D eigenvalue weighted by molar-refractivity contribution is 0.254. The summed E-state index contributed by atoms with van der Waals surface area (Å²) < 4.78 is 11.6. The normalized spacial score (nSPS) is 16.8. The van der Waals surface area contributed by atoms with Crippen molar-refractivity contribution in [1.82, 2.24) is 14.9 Å². The molecule has 0 atom stereocenters. The zero-order chi connectivity index (χ0) is 20.2. The SMILES string of the molecule is COc1ccc(N(C)c2nc(N)cc(C3CC3)n2)cc1OCCCN1CCCC1. The van der Waals surface area contributed by atoms with Gasteiger partial charge < -0.3 is 25.0 Å². The van der Waals surface area contributed by atoms with Crippen molar-refractivity contribution in [2.75, 3.05) is 51.0 Å². The molecular weight excluding hydrogens is 366 g/mol. The Morgan fingerprint density at radius 3 is 2.66 bits per heavy atom. The van der Waals surface area contributed by atoms with Crippen LogP contribution < -0.4 is 20.1 Å². The van der Waals surface area contributed by atoms with Crippen molar-refractivity contribution in [2.45, 2.75) is 38.0 Å². The number of methoxy groups -OCH3 is 1. The zero-order valence-electron chi connectivity index (χ0n) is 17.4. The Labute approximate surface area is 172 Å². The number of likely N-dealkylation sites (tertiary alicyclic amines) is 1. The van der Waals surface area contributed by atoms with E-state index in [1.165, 1.54) is 38.8 Å². The highest BCUT2D eigenvalue weighted by Crippen LogP contribution is 2.40. The van der Waals surface area contributed by atoms with Crippen LogP contribution in [0, 0.1) is 0 Å². The van der Waals surface area contributed by atoms with Crippen molar-refractivity contribution in [3.8, 4) is 11.5 Å². The van der Waals surface area contributed by atoms with E-state index in [1.807, 2.05) is 36.2 Å². The average Bonchev–Trinajstić information content (AvgIpc) is 3.46. The van der Waals surface area contributed by atoms with E-state index in [0.29, 0.717) is 24.3 Å². The van der Waals surface area contributed by atoms with Gasteiger partial charge in [-0.3, -0.25) is 0 Å². The maximum atomic E-state index is 6.07. The number of rotatable bonds is 9. The molecule has 2 N–H and O–H groups in total. The summed E-state index contributed by atoms with van der Waals surface area (Å²) in [6, 6.07) is 7.78. The fourth-order valence-electron chi connectivity index (χ4n) is 3.79. The van der Waals surface area contributed by atoms with Gasteiger partial charge in [-0.2, -0.15) is 4.98 Å². The number of anilines is 3. The molecule has 2 fully saturated rings. The van der Waals surface area contributed by atoms with Gasteiger partial charge in [0.25, 0.3) is 0 Å². The van der Waals surface area contributed by atoms with Crippen LogP contribution in [-0.2, 0) is 0 Å². The summed E-state index contributed by atoms with van der Waals surface area (Å²) >= 11 is 0. The first-order valence-corrected chi connectivity index (χ1v) is 10.6. The Morgan fingerprint density at radius 2 is 1.93 bits per heavy atom. The monoisotopic (exact) mass is 397 g/mol. The van der Waals surface area contributed by atoms with Gasteiger partial charge in [0.05, 0.1) is 19.4 Å². The molecule has 0 amide bonds. The molecule has 0 unspecified atom stereocenters. The van der Waals surface area contributed by atoms with Crippen molar-refractivity contribution in [1.29, 1.82) is 0 Å². The van der Waals surface area contributed by atoms with Gasteiger partial charge in [-0.25, -0.2) is 4.98 Å². The highest BCUT2D eigenvalue weighted by molar-refractivity contribution is 5.62. The summed E-state index contributed by atoms with van der Waals surface area (Å²) in [5.41, 5.74) is 7.99. The summed E-state index contributed by atoms with van der Waals surface area (Å²) in [5.74, 6) is 3.12. The van der Waals surface area contributed by atoms with Crippen molar-refractivity contribution < 1.29 is 9.47 Å². The Morgan fingerprint density at radius 1 is 1.14 bits per heavy atom. The van der Waals surface area contributed by atoms with Gasteiger partial charge in [-0.05, 0) is 57.3 Å². The van der Waals surface area contributed by atoms with Crippen LogP contribution in [0.15, 0.2) is 24.3 Å². The summed E-state index contributed by atoms with van der Waals surface area (Å²) in [4.78, 5) is 13.6. The molecule has 0 radical (unpaired) electrons. The van der Waals surface area contributed by atoms with E-state index in [1.54, 1.807) is 7.11 Å². The van der Waals surface area contributed by atoms with E-state index in [4.69, 9.17) is 20.2 Å². The van der Waals surface area contributed by atoms with Gasteiger partial charge in [0.1, 0.15) is 5.82 Å². The maximum absolute atomic E-state index is 6.07. The van der Waals surface area contributed by atoms with Crippen LogP contribution in [-0.4, -0.2) is 55.3 Å². The van der Waals surface area contributed by atoms with E-state index in [-0.39, 0.29) is 0 Å². The quantitative estimate of drug-likeness (QED) is 0.648. The lowest BCUT2D eigenvalue weighted by Crippen LogP contribution is -2.22. The second-order valence-corrected chi connectivity index (χ2v) is 7.94. The number of nitrogen functional groups attached to an aromatic ring is 1. The number of hydrogen-bond donors (Lipinski definition) is 1. The van der Waals surface area contributed by atoms with Crippen LogP contribution in [0.1, 0.15) is 43.7 Å². The molecule has 0 spiro atoms. The van der Waals surface area contributed by atoms with Crippen molar-refractivity contribution in [2.24, 2.45) is 0 Å². The first-order valence-electron chi connectivity index (χ1n) is 10.6. The number of nitrogens with zero attached hydrogens (tertiary/aromatic N) is 4. The predicted octanol–water partition coefficient (Wildman–Crippen LogP) is 3.58. The molecule has 1 aliphatic carbocycles. The molecule has 156 valence electrons. The molecule has 1 aromatic carbocycles. The summed E-state index contributed by atoms with van der Waals surface area (Å²) in [6.45, 7) is 4.18. The topological polar surface area (TPSA) is 76.7 Å². The third kappa shape index (κ3) is 4.90. The second kappa shape index (κ2) is 8.86. The Bertz CT molecular complexity index is 834. The van der Waals surface area contributed by atoms with Gasteiger partial charge in [0.2, 0.25) is 5.95 Å². The summed E-state index contributed by atoms with van der Waals surface area (Å²) in [7, 11) is 3.61. The Hall–Kier alpha value is -2.54. The van der Waals surface area contributed by atoms with Crippen LogP contribution in [0.25, 0.3) is 0 Å². The smallest absolute Gasteiger partial charge is 0.231 e. The summed E-state index contributed by atoms with van der Waals surface area (Å²) in [6.07, 6.45) is 6.00. The number of benzene rings is 1. The standard InChI is InChI=1S/C22H31N5O2/c1-26(22-24-18(16-6-7-16)15-21(23)25-22)17-8-9-19(28-2)20(14-17)29-13-5-12-27-10-3-4-11-27/h8-9,14-16H,3-7,10-13H2,1-2H3,(H2,23,24,25). The molecule has 0 bridgehead atoms. The number of aromatic nitrogens is 2. The predicted molar refractivity (Wildman–Crippen MR) is 115 cm³/mol. The van der Waals surface area contributed by atoms with Crippen LogP contribution in [0.4, 0.5) is 17.5 Å². The number of ether oxygens (including phenoxy) is 2. The highest BCUT2D eigenvalue weighted by Gasteiger charge is 2.26. The van der Waals surface area contributed by atoms with Crippen LogP contribution in [0.5, 0.6) is 11.5 Å². The fourth-order valence-corrected chi connectivity index (χ4v) is 3.79. The minimum Gasteiger partial charge on any atom is -0.493 e. The average molecular weight is 398 g/mol. The van der Waals surface area contributed by atoms with Crippen molar-refractivity contribution >= 4 is 17.5 Å². The van der Waals surface area contributed by atoms with Gasteiger partial charge in [0, 0.05) is 37.3 Å². The minimum atomic E-state index is 0.510. The van der Waals surface area contributed by atoms with Gasteiger partial charge in [-0.1, -0.05) is 0 Å². The lowest BCUT2D eigenvalue weighted by Gasteiger charge is -2.20. The van der Waals surface area contributed by atoms with Crippen molar-refractivity contribution in [3.05, 3.63) is 30.0 Å². The molecule has 1 saturated heterocycles. The van der Waals surface area contributed by atoms with E-state index in [0.717, 1.165) is 35.8 Å². The number of nitrogens with two attached hydrogens (primary N) is 1. The molecule has 4 rings (SSSR count). The molecule has 29 heavy (non-hydrogen) atoms. The molecule has 1 saturated carbocycles. The molecule has 1 aliphatic heterocycles. The second-order valence-electron chi connectivity index (χ2n) is 7.94. The molecule has 2 aliphatic rings. The zero-order valence-corrected chi connectivity index (χ0v) is 17.4. The lowest BCUT2D eigenvalue weighted by atomic mass is 10.2. The van der Waals surface area contributed by atoms with Crippen molar-refractivity contribution in [3.63, 3.8) is 0 Å². The molecule has 1 aromatic heterocycles. The third-order valence-corrected chi connectivity index (χ3v) is 5.66. The molecule has 7 heteroatoms. The van der Waals surface area contributed by atoms with Gasteiger partial charge in [-0.15, -0.1) is 0 Å². The number of hydrogen-bond acceptors (Lipinski definition) is 7. The minimum absolute atomic E-state index is 0.510. The highest BCUT2D eigenvalue weighted by atomic mass is 16.5. The first kappa shape index (κ1) is 19.8. The Kier molecular flexibility index (Phi) is 6.04. The maximum Gasteiger partial charge on any atom is 0.231 e. The molecule has 2 heterocycles. The third-order valence-electron chi connectivity index (χ3n) is 5.66. The Balaban J connectivity index is 1.45. The van der Waals surface area contributed by atoms with E-state index in [9.17, 15) is 0 Å². The van der Waals surface area contributed by atoms with Crippen LogP contribution in [0.3, 0.4) is 0 Å². The van der Waals surface area contributed by atoms with Crippen LogP contribution >= 0.6 is 0 Å².